The van der Waals surface area contributed by atoms with Crippen molar-refractivity contribution in [2.45, 2.75) is 26.4 Å². The van der Waals surface area contributed by atoms with E-state index in [1.807, 2.05) is 24.3 Å². The molecule has 156 valence electrons. The molecule has 1 aromatic carbocycles. The van der Waals surface area contributed by atoms with Crippen LogP contribution in [0.15, 0.2) is 76.7 Å². The number of hydrogen-bond donors (Lipinski definition) is 1. The zero-order chi connectivity index (χ0) is 21.8. The molecule has 8 nitrogen and oxygen atoms in total. The number of nitrogens with zero attached hydrogens (tertiary/aromatic N) is 4. The van der Waals surface area contributed by atoms with Crippen molar-refractivity contribution >= 4 is 22.6 Å². The lowest BCUT2D eigenvalue weighted by Crippen LogP contribution is -2.42. The molecule has 4 rings (SSSR count). The van der Waals surface area contributed by atoms with Crippen LogP contribution in [0.5, 0.6) is 0 Å². The smallest absolute Gasteiger partial charge is 0.325 e. The molecule has 0 saturated heterocycles. The lowest BCUT2D eigenvalue weighted by Gasteiger charge is -2.14. The fraction of sp³-hybridized carbons (Fsp3) is 0.174. The van der Waals surface area contributed by atoms with E-state index in [9.17, 15) is 14.4 Å². The summed E-state index contributed by atoms with van der Waals surface area (Å²) in [4.78, 5) is 47.0. The highest BCUT2D eigenvalue weighted by molar-refractivity contribution is 5.91. The molecule has 0 aliphatic heterocycles. The third kappa shape index (κ3) is 4.28. The minimum atomic E-state index is -0.578. The van der Waals surface area contributed by atoms with Crippen LogP contribution in [0, 0.1) is 0 Å². The Hall–Kier alpha value is -4.07. The highest BCUT2D eigenvalue weighted by Gasteiger charge is 2.16. The Labute approximate surface area is 177 Å². The number of hydrogen-bond acceptors (Lipinski definition) is 5. The predicted octanol–water partition coefficient (Wildman–Crippen LogP) is 2.20. The monoisotopic (exact) mass is 415 g/mol. The highest BCUT2D eigenvalue weighted by Crippen LogP contribution is 2.11. The molecule has 1 amide bonds. The van der Waals surface area contributed by atoms with Gasteiger partial charge in [0, 0.05) is 24.3 Å². The zero-order valence-corrected chi connectivity index (χ0v) is 17.0. The first-order valence-electron chi connectivity index (χ1n) is 9.93. The van der Waals surface area contributed by atoms with E-state index in [-0.39, 0.29) is 24.5 Å². The average molecular weight is 415 g/mol. The van der Waals surface area contributed by atoms with E-state index in [0.29, 0.717) is 16.8 Å². The normalized spacial score (nSPS) is 10.9. The number of pyridine rings is 2. The second-order valence-corrected chi connectivity index (χ2v) is 7.09. The van der Waals surface area contributed by atoms with Crippen molar-refractivity contribution in [3.63, 3.8) is 0 Å². The first-order chi connectivity index (χ1) is 15.1. The van der Waals surface area contributed by atoms with Gasteiger partial charge in [0.1, 0.15) is 6.54 Å². The molecule has 1 N–H and O–H groups in total. The number of anilines is 1. The minimum Gasteiger partial charge on any atom is -0.325 e. The Morgan fingerprint density at radius 1 is 0.968 bits per heavy atom. The number of amides is 1. The van der Waals surface area contributed by atoms with Crippen LogP contribution in [0.25, 0.3) is 11.0 Å². The summed E-state index contributed by atoms with van der Waals surface area (Å²) in [6.07, 6.45) is 5.60. The summed E-state index contributed by atoms with van der Waals surface area (Å²) in [7, 11) is 0. The van der Waals surface area contributed by atoms with Gasteiger partial charge in [-0.1, -0.05) is 25.1 Å². The first kappa shape index (κ1) is 20.2. The zero-order valence-electron chi connectivity index (χ0n) is 17.0. The topological polar surface area (TPSA) is 98.9 Å². The lowest BCUT2D eigenvalue weighted by atomic mass is 10.1. The fourth-order valence-corrected chi connectivity index (χ4v) is 3.38. The first-order valence-corrected chi connectivity index (χ1v) is 9.93. The molecule has 0 radical (unpaired) electrons. The van der Waals surface area contributed by atoms with Gasteiger partial charge >= 0.3 is 5.69 Å². The number of carbonyl (C=O) groups is 1. The Morgan fingerprint density at radius 3 is 2.45 bits per heavy atom. The van der Waals surface area contributed by atoms with E-state index in [4.69, 9.17) is 0 Å². The van der Waals surface area contributed by atoms with Crippen LogP contribution < -0.4 is 16.6 Å². The van der Waals surface area contributed by atoms with Gasteiger partial charge < -0.3 is 5.32 Å². The van der Waals surface area contributed by atoms with E-state index in [1.165, 1.54) is 10.8 Å². The van der Waals surface area contributed by atoms with Crippen molar-refractivity contribution in [3.05, 3.63) is 99.1 Å². The van der Waals surface area contributed by atoms with E-state index < -0.39 is 11.2 Å². The lowest BCUT2D eigenvalue weighted by molar-refractivity contribution is -0.116. The molecule has 0 aliphatic rings. The fourth-order valence-electron chi connectivity index (χ4n) is 3.38. The number of nitrogens with one attached hydrogen (secondary N) is 1. The maximum atomic E-state index is 13.2. The van der Waals surface area contributed by atoms with Gasteiger partial charge in [-0.25, -0.2) is 9.78 Å². The summed E-state index contributed by atoms with van der Waals surface area (Å²) < 4.78 is 2.35. The summed E-state index contributed by atoms with van der Waals surface area (Å²) in [6.45, 7) is 1.85. The van der Waals surface area contributed by atoms with Gasteiger partial charge in [-0.3, -0.25) is 23.7 Å². The second-order valence-electron chi connectivity index (χ2n) is 7.09. The van der Waals surface area contributed by atoms with Crippen LogP contribution in [-0.2, 0) is 24.3 Å². The largest absolute Gasteiger partial charge is 0.332 e. The molecule has 4 aromatic rings. The number of aromatic nitrogens is 4. The molecule has 0 unspecified atom stereocenters. The molecule has 3 heterocycles. The van der Waals surface area contributed by atoms with Gasteiger partial charge in [-0.15, -0.1) is 0 Å². The number of rotatable bonds is 6. The Kier molecular flexibility index (Phi) is 5.70. The molecule has 0 aliphatic carbocycles. The SMILES string of the molecule is CCc1ccc(NC(=O)Cn2c(=O)n(Cc3cccnc3)c(=O)c3ncccc32)cc1. The van der Waals surface area contributed by atoms with Crippen molar-refractivity contribution in [1.29, 1.82) is 0 Å². The third-order valence-electron chi connectivity index (χ3n) is 5.00. The van der Waals surface area contributed by atoms with Crippen LogP contribution in [0.3, 0.4) is 0 Å². The van der Waals surface area contributed by atoms with E-state index in [0.717, 1.165) is 16.6 Å². The highest BCUT2D eigenvalue weighted by atomic mass is 16.2. The van der Waals surface area contributed by atoms with Crippen LogP contribution >= 0.6 is 0 Å². The number of fused-ring (bicyclic) bond motifs is 1. The maximum absolute atomic E-state index is 13.2. The molecule has 0 spiro atoms. The van der Waals surface area contributed by atoms with Crippen LogP contribution in [0.4, 0.5) is 5.69 Å². The summed E-state index contributed by atoms with van der Waals surface area (Å²) in [5.41, 5.74) is 1.86. The third-order valence-corrected chi connectivity index (χ3v) is 5.00. The number of carbonyl (C=O) groups excluding carboxylic acids is 1. The van der Waals surface area contributed by atoms with Crippen molar-refractivity contribution in [3.8, 4) is 0 Å². The molecule has 0 fully saturated rings. The summed E-state index contributed by atoms with van der Waals surface area (Å²) in [6, 6.07) is 14.3. The maximum Gasteiger partial charge on any atom is 0.332 e. The van der Waals surface area contributed by atoms with E-state index in [2.05, 4.69) is 22.2 Å². The van der Waals surface area contributed by atoms with Crippen LogP contribution in [0.2, 0.25) is 0 Å². The van der Waals surface area contributed by atoms with Crippen molar-refractivity contribution < 1.29 is 4.79 Å². The van der Waals surface area contributed by atoms with Gasteiger partial charge in [-0.05, 0) is 47.9 Å². The van der Waals surface area contributed by atoms with Gasteiger partial charge in [0.2, 0.25) is 5.91 Å². The molecule has 0 bridgehead atoms. The number of aryl methyl sites for hydroxylation is 1. The van der Waals surface area contributed by atoms with Crippen molar-refractivity contribution in [2.24, 2.45) is 0 Å². The second kappa shape index (κ2) is 8.74. The van der Waals surface area contributed by atoms with Crippen molar-refractivity contribution in [2.75, 3.05) is 5.32 Å². The van der Waals surface area contributed by atoms with E-state index >= 15 is 0 Å². The van der Waals surface area contributed by atoms with Crippen LogP contribution in [0.1, 0.15) is 18.1 Å². The molecule has 0 saturated carbocycles. The number of benzene rings is 1. The average Bonchev–Trinajstić information content (AvgIpc) is 2.80. The van der Waals surface area contributed by atoms with Gasteiger partial charge in [0.25, 0.3) is 5.56 Å². The van der Waals surface area contributed by atoms with E-state index in [1.54, 1.807) is 36.7 Å². The van der Waals surface area contributed by atoms with Gasteiger partial charge in [0.15, 0.2) is 5.52 Å². The Bertz CT molecular complexity index is 1340. The molecular formula is C23H21N5O3. The Morgan fingerprint density at radius 2 is 1.74 bits per heavy atom. The molecule has 31 heavy (non-hydrogen) atoms. The van der Waals surface area contributed by atoms with Gasteiger partial charge in [-0.2, -0.15) is 0 Å². The summed E-state index contributed by atoms with van der Waals surface area (Å²) in [5.74, 6) is -0.372. The predicted molar refractivity (Wildman–Crippen MR) is 118 cm³/mol. The summed E-state index contributed by atoms with van der Waals surface area (Å²) in [5, 5.41) is 2.80. The van der Waals surface area contributed by atoms with Crippen LogP contribution in [-0.4, -0.2) is 25.0 Å². The quantitative estimate of drug-likeness (QED) is 0.521. The standard InChI is InChI=1S/C23H21N5O3/c1-2-16-7-9-18(10-8-16)26-20(29)15-27-19-6-4-12-25-21(19)22(30)28(23(27)31)14-17-5-3-11-24-13-17/h3-13H,2,14-15H2,1H3,(H,26,29). The van der Waals surface area contributed by atoms with Gasteiger partial charge in [0.05, 0.1) is 12.1 Å². The molecule has 8 heteroatoms. The molecule has 0 atom stereocenters. The Balaban J connectivity index is 1.71. The molecule has 3 aromatic heterocycles. The molecular weight excluding hydrogens is 394 g/mol. The summed E-state index contributed by atoms with van der Waals surface area (Å²) >= 11 is 0. The minimum absolute atomic E-state index is 0.0398. The van der Waals surface area contributed by atoms with Crippen molar-refractivity contribution in [1.82, 2.24) is 19.1 Å².